The third-order valence-corrected chi connectivity index (χ3v) is 4.08. The standard InChI is InChI=1S/C16H15ClN4O/c1-11-10-22-15(13-4-2-3-5-14(13)17)9-21(11)16-8-19-12(6-18)7-20-16/h2-5,7-8,11,15H,9-10H2,1H3/t11-,15+/m1/s1. The van der Waals surface area contributed by atoms with Gasteiger partial charge in [-0.1, -0.05) is 29.8 Å². The molecule has 1 aliphatic heterocycles. The van der Waals surface area contributed by atoms with Gasteiger partial charge in [0.15, 0.2) is 5.69 Å². The Morgan fingerprint density at radius 1 is 1.32 bits per heavy atom. The highest BCUT2D eigenvalue weighted by Gasteiger charge is 2.29. The molecule has 0 amide bonds. The van der Waals surface area contributed by atoms with Gasteiger partial charge in [0.2, 0.25) is 0 Å². The molecule has 2 atom stereocenters. The first-order valence-electron chi connectivity index (χ1n) is 7.04. The van der Waals surface area contributed by atoms with E-state index in [9.17, 15) is 0 Å². The number of hydrogen-bond acceptors (Lipinski definition) is 5. The zero-order valence-electron chi connectivity index (χ0n) is 12.1. The SMILES string of the molecule is C[C@@H]1CO[C@H](c2ccccc2Cl)CN1c1cnc(C#N)cn1. The van der Waals surface area contributed by atoms with E-state index in [1.807, 2.05) is 30.3 Å². The average Bonchev–Trinajstić information content (AvgIpc) is 2.56. The number of anilines is 1. The van der Waals surface area contributed by atoms with Crippen molar-refractivity contribution in [3.8, 4) is 6.07 Å². The van der Waals surface area contributed by atoms with Crippen LogP contribution in [0.5, 0.6) is 0 Å². The topological polar surface area (TPSA) is 62.0 Å². The van der Waals surface area contributed by atoms with E-state index in [2.05, 4.69) is 21.8 Å². The van der Waals surface area contributed by atoms with Gasteiger partial charge in [0.05, 0.1) is 31.6 Å². The van der Waals surface area contributed by atoms with Crippen LogP contribution in [0, 0.1) is 11.3 Å². The summed E-state index contributed by atoms with van der Waals surface area (Å²) >= 11 is 6.26. The zero-order valence-corrected chi connectivity index (χ0v) is 12.9. The third-order valence-electron chi connectivity index (χ3n) is 3.73. The molecule has 0 saturated carbocycles. The summed E-state index contributed by atoms with van der Waals surface area (Å²) in [5, 5.41) is 9.51. The second kappa shape index (κ2) is 6.30. The maximum absolute atomic E-state index is 8.81. The Labute approximate surface area is 134 Å². The van der Waals surface area contributed by atoms with Crippen LogP contribution in [0.15, 0.2) is 36.7 Å². The van der Waals surface area contributed by atoms with Crippen LogP contribution in [0.2, 0.25) is 5.02 Å². The van der Waals surface area contributed by atoms with E-state index in [1.165, 1.54) is 6.20 Å². The molecule has 0 unspecified atom stereocenters. The highest BCUT2D eigenvalue weighted by atomic mass is 35.5. The number of rotatable bonds is 2. The van der Waals surface area contributed by atoms with E-state index < -0.39 is 0 Å². The van der Waals surface area contributed by atoms with Gasteiger partial charge in [-0.25, -0.2) is 9.97 Å². The second-order valence-corrected chi connectivity index (χ2v) is 5.62. The van der Waals surface area contributed by atoms with Gasteiger partial charge in [-0.2, -0.15) is 5.26 Å². The van der Waals surface area contributed by atoms with Gasteiger partial charge in [0.1, 0.15) is 18.0 Å². The minimum atomic E-state index is -0.109. The molecule has 0 aliphatic carbocycles. The first kappa shape index (κ1) is 14.8. The molecule has 0 radical (unpaired) electrons. The van der Waals surface area contributed by atoms with Crippen LogP contribution in [0.25, 0.3) is 0 Å². The van der Waals surface area contributed by atoms with Crippen molar-refractivity contribution in [2.45, 2.75) is 19.1 Å². The van der Waals surface area contributed by atoms with Gasteiger partial charge in [-0.3, -0.25) is 0 Å². The smallest absolute Gasteiger partial charge is 0.158 e. The van der Waals surface area contributed by atoms with E-state index in [0.717, 1.165) is 11.4 Å². The van der Waals surface area contributed by atoms with Crippen molar-refractivity contribution in [3.05, 3.63) is 52.9 Å². The van der Waals surface area contributed by atoms with Gasteiger partial charge in [-0.15, -0.1) is 0 Å². The molecule has 112 valence electrons. The van der Waals surface area contributed by atoms with Gasteiger partial charge in [-0.05, 0) is 13.0 Å². The molecule has 1 aliphatic rings. The first-order chi connectivity index (χ1) is 10.7. The molecule has 6 heteroatoms. The quantitative estimate of drug-likeness (QED) is 0.852. The summed E-state index contributed by atoms with van der Waals surface area (Å²) in [6.07, 6.45) is 3.01. The van der Waals surface area contributed by atoms with Gasteiger partial charge < -0.3 is 9.64 Å². The van der Waals surface area contributed by atoms with Crippen LogP contribution >= 0.6 is 11.6 Å². The summed E-state index contributed by atoms with van der Waals surface area (Å²) in [6.45, 7) is 3.30. The Bertz CT molecular complexity index is 698. The lowest BCUT2D eigenvalue weighted by atomic mass is 10.1. The maximum atomic E-state index is 8.81. The average molecular weight is 315 g/mol. The Kier molecular flexibility index (Phi) is 4.23. The van der Waals surface area contributed by atoms with Crippen molar-refractivity contribution in [3.63, 3.8) is 0 Å². The molecule has 1 fully saturated rings. The largest absolute Gasteiger partial charge is 0.369 e. The fourth-order valence-electron chi connectivity index (χ4n) is 2.53. The zero-order chi connectivity index (χ0) is 15.5. The number of morpholine rings is 1. The number of nitriles is 1. The summed E-state index contributed by atoms with van der Waals surface area (Å²) in [4.78, 5) is 10.5. The molecule has 0 spiro atoms. The molecule has 3 rings (SSSR count). The fraction of sp³-hybridized carbons (Fsp3) is 0.312. The van der Waals surface area contributed by atoms with Crippen molar-refractivity contribution in [1.29, 1.82) is 5.26 Å². The Balaban J connectivity index is 1.85. The van der Waals surface area contributed by atoms with Crippen molar-refractivity contribution in [2.75, 3.05) is 18.1 Å². The highest BCUT2D eigenvalue weighted by molar-refractivity contribution is 6.31. The fourth-order valence-corrected chi connectivity index (χ4v) is 2.79. The monoisotopic (exact) mass is 314 g/mol. The van der Waals surface area contributed by atoms with Crippen molar-refractivity contribution in [2.24, 2.45) is 0 Å². The number of benzene rings is 1. The lowest BCUT2D eigenvalue weighted by Crippen LogP contribution is -2.45. The molecule has 1 aromatic carbocycles. The van der Waals surface area contributed by atoms with Crippen molar-refractivity contribution >= 4 is 17.4 Å². The molecule has 1 saturated heterocycles. The summed E-state index contributed by atoms with van der Waals surface area (Å²) in [7, 11) is 0. The van der Waals surface area contributed by atoms with E-state index in [1.54, 1.807) is 6.20 Å². The summed E-state index contributed by atoms with van der Waals surface area (Å²) in [6, 6.07) is 9.86. The minimum absolute atomic E-state index is 0.109. The van der Waals surface area contributed by atoms with E-state index >= 15 is 0 Å². The number of hydrogen-bond donors (Lipinski definition) is 0. The lowest BCUT2D eigenvalue weighted by molar-refractivity contribution is 0.0213. The maximum Gasteiger partial charge on any atom is 0.158 e. The molecule has 2 aromatic rings. The summed E-state index contributed by atoms with van der Waals surface area (Å²) in [5.41, 5.74) is 1.29. The van der Waals surface area contributed by atoms with E-state index in [-0.39, 0.29) is 12.1 Å². The predicted octanol–water partition coefficient (Wildman–Crippen LogP) is 2.97. The molecular formula is C16H15ClN4O. The molecule has 0 bridgehead atoms. The second-order valence-electron chi connectivity index (χ2n) is 5.22. The third kappa shape index (κ3) is 2.89. The van der Waals surface area contributed by atoms with E-state index in [0.29, 0.717) is 23.9 Å². The molecule has 1 aromatic heterocycles. The molecule has 22 heavy (non-hydrogen) atoms. The van der Waals surface area contributed by atoms with Gasteiger partial charge in [0, 0.05) is 10.6 Å². The van der Waals surface area contributed by atoms with Crippen LogP contribution in [-0.2, 0) is 4.74 Å². The molecular weight excluding hydrogens is 300 g/mol. The normalized spacial score (nSPS) is 21.4. The summed E-state index contributed by atoms with van der Waals surface area (Å²) < 4.78 is 5.93. The Hall–Kier alpha value is -2.16. The van der Waals surface area contributed by atoms with Crippen molar-refractivity contribution in [1.82, 2.24) is 9.97 Å². The molecule has 2 heterocycles. The molecule has 5 nitrogen and oxygen atoms in total. The van der Waals surface area contributed by atoms with Crippen LogP contribution in [-0.4, -0.2) is 29.2 Å². The van der Waals surface area contributed by atoms with Gasteiger partial charge >= 0.3 is 0 Å². The molecule has 0 N–H and O–H groups in total. The number of aromatic nitrogens is 2. The lowest BCUT2D eigenvalue weighted by Gasteiger charge is -2.39. The van der Waals surface area contributed by atoms with Crippen LogP contribution in [0.4, 0.5) is 5.82 Å². The number of halogens is 1. The van der Waals surface area contributed by atoms with E-state index in [4.69, 9.17) is 21.6 Å². The Morgan fingerprint density at radius 2 is 2.14 bits per heavy atom. The van der Waals surface area contributed by atoms with Crippen molar-refractivity contribution < 1.29 is 4.74 Å². The van der Waals surface area contributed by atoms with Gasteiger partial charge in [0.25, 0.3) is 0 Å². The first-order valence-corrected chi connectivity index (χ1v) is 7.41. The number of nitrogens with zero attached hydrogens (tertiary/aromatic N) is 4. The minimum Gasteiger partial charge on any atom is -0.369 e. The highest BCUT2D eigenvalue weighted by Crippen LogP contribution is 2.31. The number of ether oxygens (including phenoxy) is 1. The van der Waals surface area contributed by atoms with Crippen LogP contribution in [0.3, 0.4) is 0 Å². The van der Waals surface area contributed by atoms with Crippen LogP contribution < -0.4 is 4.90 Å². The summed E-state index contributed by atoms with van der Waals surface area (Å²) in [5.74, 6) is 0.742. The van der Waals surface area contributed by atoms with Crippen LogP contribution in [0.1, 0.15) is 24.3 Å². The predicted molar refractivity (Wildman–Crippen MR) is 83.7 cm³/mol. The Morgan fingerprint density at radius 3 is 2.82 bits per heavy atom.